The highest BCUT2D eigenvalue weighted by molar-refractivity contribution is 5.73. The van der Waals surface area contributed by atoms with Crippen LogP contribution in [0.5, 0.6) is 0 Å². The van der Waals surface area contributed by atoms with Crippen LogP contribution in [0.3, 0.4) is 0 Å². The molecule has 0 aromatic carbocycles. The van der Waals surface area contributed by atoms with Crippen molar-refractivity contribution >= 4 is 5.97 Å². The van der Waals surface area contributed by atoms with Crippen LogP contribution < -0.4 is 0 Å². The molecule has 0 radical (unpaired) electrons. The monoisotopic (exact) mass is 193 g/mol. The zero-order chi connectivity index (χ0) is 10.1. The molecule has 1 rings (SSSR count). The Balaban J connectivity index is 2.58. The van der Waals surface area contributed by atoms with Gasteiger partial charge in [-0.05, 0) is 6.42 Å². The SMILES string of the molecule is CC[C@@H](C(=O)O)N1CCC(F)(F)C1. The zero-order valence-corrected chi connectivity index (χ0v) is 7.46. The fraction of sp³-hybridized carbons (Fsp3) is 0.875. The lowest BCUT2D eigenvalue weighted by Gasteiger charge is -2.22. The van der Waals surface area contributed by atoms with E-state index >= 15 is 0 Å². The number of hydrogen-bond acceptors (Lipinski definition) is 2. The topological polar surface area (TPSA) is 40.5 Å². The van der Waals surface area contributed by atoms with E-state index < -0.39 is 24.5 Å². The lowest BCUT2D eigenvalue weighted by molar-refractivity contribution is -0.143. The van der Waals surface area contributed by atoms with Gasteiger partial charge in [0.1, 0.15) is 6.04 Å². The average Bonchev–Trinajstić information content (AvgIpc) is 2.31. The molecule has 1 aliphatic heterocycles. The minimum atomic E-state index is -2.71. The number of hydrogen-bond donors (Lipinski definition) is 1. The predicted octanol–water partition coefficient (Wildman–Crippen LogP) is 1.19. The van der Waals surface area contributed by atoms with Gasteiger partial charge in [0.15, 0.2) is 0 Å². The number of carboxylic acid groups (broad SMARTS) is 1. The Hall–Kier alpha value is -0.710. The fourth-order valence-corrected chi connectivity index (χ4v) is 1.62. The molecular formula is C8H13F2NO2. The summed E-state index contributed by atoms with van der Waals surface area (Å²) in [6.45, 7) is 1.45. The Morgan fingerprint density at radius 2 is 2.31 bits per heavy atom. The maximum absolute atomic E-state index is 12.7. The van der Waals surface area contributed by atoms with Gasteiger partial charge in [-0.25, -0.2) is 8.78 Å². The molecule has 1 atom stereocenters. The highest BCUT2D eigenvalue weighted by Crippen LogP contribution is 2.28. The van der Waals surface area contributed by atoms with Crippen molar-refractivity contribution < 1.29 is 18.7 Å². The summed E-state index contributed by atoms with van der Waals surface area (Å²) in [5.74, 6) is -3.72. The van der Waals surface area contributed by atoms with E-state index in [1.165, 1.54) is 4.90 Å². The highest BCUT2D eigenvalue weighted by atomic mass is 19.3. The number of carboxylic acids is 1. The number of carbonyl (C=O) groups is 1. The number of rotatable bonds is 3. The van der Waals surface area contributed by atoms with Crippen LogP contribution in [0.25, 0.3) is 0 Å². The fourth-order valence-electron chi connectivity index (χ4n) is 1.62. The summed E-state index contributed by atoms with van der Waals surface area (Å²) in [5.41, 5.74) is 0. The van der Waals surface area contributed by atoms with Crippen LogP contribution in [0.15, 0.2) is 0 Å². The number of aliphatic carboxylic acids is 1. The maximum atomic E-state index is 12.7. The first-order chi connectivity index (χ1) is 5.96. The van der Waals surface area contributed by atoms with E-state index in [0.29, 0.717) is 6.42 Å². The maximum Gasteiger partial charge on any atom is 0.320 e. The van der Waals surface area contributed by atoms with Crippen LogP contribution in [-0.2, 0) is 4.79 Å². The van der Waals surface area contributed by atoms with Crippen LogP contribution in [-0.4, -0.2) is 41.0 Å². The van der Waals surface area contributed by atoms with Crippen LogP contribution in [0.4, 0.5) is 8.78 Å². The number of likely N-dealkylation sites (tertiary alicyclic amines) is 1. The van der Waals surface area contributed by atoms with Crippen LogP contribution >= 0.6 is 0 Å². The standard InChI is InChI=1S/C8H13F2NO2/c1-2-6(7(12)13)11-4-3-8(9,10)5-11/h6H,2-5H2,1H3,(H,12,13)/t6-/m0/s1. The first kappa shape index (κ1) is 10.4. The van der Waals surface area contributed by atoms with E-state index in [1.807, 2.05) is 0 Å². The summed E-state index contributed by atoms with van der Waals surface area (Å²) in [5, 5.41) is 8.72. The van der Waals surface area contributed by atoms with Crippen molar-refractivity contribution in [2.24, 2.45) is 0 Å². The van der Waals surface area contributed by atoms with Crippen LogP contribution in [0, 0.1) is 0 Å². The molecule has 0 saturated carbocycles. The second-order valence-corrected chi connectivity index (χ2v) is 3.34. The third-order valence-corrected chi connectivity index (χ3v) is 2.31. The normalized spacial score (nSPS) is 24.5. The molecule has 5 heteroatoms. The Labute approximate surface area is 75.3 Å². The summed E-state index contributed by atoms with van der Waals surface area (Å²) in [6.07, 6.45) is 0.141. The zero-order valence-electron chi connectivity index (χ0n) is 7.46. The molecule has 1 N–H and O–H groups in total. The van der Waals surface area contributed by atoms with Gasteiger partial charge in [0.2, 0.25) is 0 Å². The molecular weight excluding hydrogens is 180 g/mol. The summed E-state index contributed by atoms with van der Waals surface area (Å²) in [6, 6.07) is -0.756. The van der Waals surface area contributed by atoms with E-state index in [-0.39, 0.29) is 13.0 Å². The van der Waals surface area contributed by atoms with Gasteiger partial charge in [0, 0.05) is 13.0 Å². The lowest BCUT2D eigenvalue weighted by atomic mass is 10.2. The van der Waals surface area contributed by atoms with Gasteiger partial charge in [-0.15, -0.1) is 0 Å². The summed E-state index contributed by atoms with van der Waals surface area (Å²) < 4.78 is 25.4. The van der Waals surface area contributed by atoms with Crippen molar-refractivity contribution in [2.75, 3.05) is 13.1 Å². The van der Waals surface area contributed by atoms with E-state index in [0.717, 1.165) is 0 Å². The number of nitrogens with zero attached hydrogens (tertiary/aromatic N) is 1. The van der Waals surface area contributed by atoms with E-state index in [4.69, 9.17) is 5.11 Å². The quantitative estimate of drug-likeness (QED) is 0.731. The third-order valence-electron chi connectivity index (χ3n) is 2.31. The van der Waals surface area contributed by atoms with E-state index in [1.54, 1.807) is 6.92 Å². The van der Waals surface area contributed by atoms with Gasteiger partial charge in [0.05, 0.1) is 6.54 Å². The Kier molecular flexibility index (Phi) is 2.85. The van der Waals surface area contributed by atoms with Crippen LogP contribution in [0.1, 0.15) is 19.8 Å². The molecule has 3 nitrogen and oxygen atoms in total. The molecule has 1 heterocycles. The van der Waals surface area contributed by atoms with Gasteiger partial charge in [-0.3, -0.25) is 9.69 Å². The van der Waals surface area contributed by atoms with Gasteiger partial charge in [-0.1, -0.05) is 6.92 Å². The van der Waals surface area contributed by atoms with Gasteiger partial charge in [0.25, 0.3) is 5.92 Å². The van der Waals surface area contributed by atoms with Crippen molar-refractivity contribution in [2.45, 2.75) is 31.7 Å². The van der Waals surface area contributed by atoms with Crippen molar-refractivity contribution in [3.8, 4) is 0 Å². The second kappa shape index (κ2) is 3.57. The van der Waals surface area contributed by atoms with Crippen molar-refractivity contribution in [1.29, 1.82) is 0 Å². The molecule has 76 valence electrons. The molecule has 0 spiro atoms. The Morgan fingerprint density at radius 3 is 2.62 bits per heavy atom. The molecule has 13 heavy (non-hydrogen) atoms. The predicted molar refractivity (Wildman–Crippen MR) is 42.9 cm³/mol. The summed E-state index contributed by atoms with van der Waals surface area (Å²) in [4.78, 5) is 12.0. The Bertz CT molecular complexity index is 208. The minimum Gasteiger partial charge on any atom is -0.480 e. The van der Waals surface area contributed by atoms with Crippen molar-refractivity contribution in [3.63, 3.8) is 0 Å². The first-order valence-corrected chi connectivity index (χ1v) is 4.31. The molecule has 0 unspecified atom stereocenters. The molecule has 0 aromatic rings. The smallest absolute Gasteiger partial charge is 0.320 e. The Morgan fingerprint density at radius 1 is 1.69 bits per heavy atom. The lowest BCUT2D eigenvalue weighted by Crippen LogP contribution is -2.40. The summed E-state index contributed by atoms with van der Waals surface area (Å²) >= 11 is 0. The van der Waals surface area contributed by atoms with Crippen LogP contribution in [0.2, 0.25) is 0 Å². The van der Waals surface area contributed by atoms with Gasteiger partial charge >= 0.3 is 5.97 Å². The molecule has 1 fully saturated rings. The van der Waals surface area contributed by atoms with Gasteiger partial charge in [-0.2, -0.15) is 0 Å². The second-order valence-electron chi connectivity index (χ2n) is 3.34. The van der Waals surface area contributed by atoms with E-state index in [2.05, 4.69) is 0 Å². The highest BCUT2D eigenvalue weighted by Gasteiger charge is 2.42. The van der Waals surface area contributed by atoms with E-state index in [9.17, 15) is 13.6 Å². The number of alkyl halides is 2. The van der Waals surface area contributed by atoms with Gasteiger partial charge < -0.3 is 5.11 Å². The minimum absolute atomic E-state index is 0.178. The van der Waals surface area contributed by atoms with Crippen molar-refractivity contribution in [3.05, 3.63) is 0 Å². The van der Waals surface area contributed by atoms with Crippen molar-refractivity contribution in [1.82, 2.24) is 4.90 Å². The molecule has 0 amide bonds. The molecule has 0 aromatic heterocycles. The third kappa shape index (κ3) is 2.37. The molecule has 0 aliphatic carbocycles. The first-order valence-electron chi connectivity index (χ1n) is 4.31. The average molecular weight is 193 g/mol. The number of halogens is 2. The summed E-state index contributed by atoms with van der Waals surface area (Å²) in [7, 11) is 0. The largest absolute Gasteiger partial charge is 0.480 e. The molecule has 0 bridgehead atoms. The molecule has 1 saturated heterocycles. The molecule has 1 aliphatic rings.